The molecular weight excluding hydrogens is 300 g/mol. The summed E-state index contributed by atoms with van der Waals surface area (Å²) >= 11 is 2.95. The van der Waals surface area contributed by atoms with Gasteiger partial charge in [-0.15, -0.1) is 0 Å². The lowest BCUT2D eigenvalue weighted by Gasteiger charge is -2.10. The van der Waals surface area contributed by atoms with E-state index < -0.39 is 12.4 Å². The van der Waals surface area contributed by atoms with Gasteiger partial charge in [-0.2, -0.15) is 0 Å². The number of methoxy groups -OCH3 is 1. The maximum absolute atomic E-state index is 12.7. The van der Waals surface area contributed by atoms with Gasteiger partial charge in [-0.3, -0.25) is 0 Å². The number of hydrogen-bond acceptors (Lipinski definition) is 4. The monoisotopic (exact) mass is 309 g/mol. The number of carbonyl (C=O) groups is 1. The summed E-state index contributed by atoms with van der Waals surface area (Å²) in [6, 6.07) is 1.18. The van der Waals surface area contributed by atoms with Crippen LogP contribution in [0.15, 0.2) is 10.5 Å². The Morgan fingerprint density at radius 1 is 1.59 bits per heavy atom. The van der Waals surface area contributed by atoms with Crippen molar-refractivity contribution >= 4 is 21.9 Å². The van der Waals surface area contributed by atoms with Crippen molar-refractivity contribution in [2.24, 2.45) is 0 Å². The molecule has 1 aromatic rings. The molecule has 0 aliphatic carbocycles. The predicted octanol–water partition coefficient (Wildman–Crippen LogP) is 2.97. The second kappa shape index (κ2) is 5.90. The van der Waals surface area contributed by atoms with Gasteiger partial charge < -0.3 is 9.47 Å². The highest BCUT2D eigenvalue weighted by Crippen LogP contribution is 2.34. The molecule has 0 aromatic carbocycles. The van der Waals surface area contributed by atoms with Gasteiger partial charge in [-0.25, -0.2) is 18.6 Å². The molecule has 17 heavy (non-hydrogen) atoms. The minimum Gasteiger partial charge on any atom is -0.481 e. The first-order valence-corrected chi connectivity index (χ1v) is 5.50. The molecule has 0 N–H and O–H groups in total. The van der Waals surface area contributed by atoms with Crippen molar-refractivity contribution in [1.29, 1.82) is 0 Å². The molecule has 0 radical (unpaired) electrons. The topological polar surface area (TPSA) is 48.4 Å². The normalized spacial score (nSPS) is 10.5. The summed E-state index contributed by atoms with van der Waals surface area (Å²) < 4.78 is 34.9. The number of carbonyl (C=O) groups excluding carboxylic acids is 1. The summed E-state index contributed by atoms with van der Waals surface area (Å²) in [5.41, 5.74) is -0.472. The number of rotatable bonds is 4. The lowest BCUT2D eigenvalue weighted by atomic mass is 10.2. The molecule has 4 nitrogen and oxygen atoms in total. The van der Waals surface area contributed by atoms with Crippen molar-refractivity contribution in [2.75, 3.05) is 13.7 Å². The molecule has 0 saturated carbocycles. The van der Waals surface area contributed by atoms with E-state index in [4.69, 9.17) is 9.47 Å². The highest BCUT2D eigenvalue weighted by Gasteiger charge is 2.22. The Kier molecular flexibility index (Phi) is 4.80. The fourth-order valence-electron chi connectivity index (χ4n) is 1.16. The average molecular weight is 310 g/mol. The lowest BCUT2D eigenvalue weighted by Crippen LogP contribution is -2.09. The van der Waals surface area contributed by atoms with E-state index >= 15 is 0 Å². The van der Waals surface area contributed by atoms with Crippen molar-refractivity contribution in [3.63, 3.8) is 0 Å². The van der Waals surface area contributed by atoms with Crippen molar-refractivity contribution in [1.82, 2.24) is 4.98 Å². The van der Waals surface area contributed by atoms with Gasteiger partial charge in [-0.1, -0.05) is 15.9 Å². The van der Waals surface area contributed by atoms with Gasteiger partial charge in [0, 0.05) is 4.47 Å². The van der Waals surface area contributed by atoms with Crippen LogP contribution in [0.2, 0.25) is 0 Å². The molecule has 0 unspecified atom stereocenters. The zero-order chi connectivity index (χ0) is 13.0. The lowest BCUT2D eigenvalue weighted by molar-refractivity contribution is 0.0517. The average Bonchev–Trinajstić information content (AvgIpc) is 2.27. The minimum atomic E-state index is -2.75. The summed E-state index contributed by atoms with van der Waals surface area (Å²) in [5.74, 6) is -0.982. The fourth-order valence-corrected chi connectivity index (χ4v) is 1.72. The first-order chi connectivity index (χ1) is 8.01. The van der Waals surface area contributed by atoms with Crippen molar-refractivity contribution in [3.05, 3.63) is 21.8 Å². The van der Waals surface area contributed by atoms with Crippen LogP contribution in [0.5, 0.6) is 5.88 Å². The number of pyridine rings is 1. The van der Waals surface area contributed by atoms with Gasteiger partial charge in [0.05, 0.1) is 19.3 Å². The summed E-state index contributed by atoms with van der Waals surface area (Å²) in [4.78, 5) is 15.1. The van der Waals surface area contributed by atoms with Crippen molar-refractivity contribution in [3.8, 4) is 5.88 Å². The summed E-state index contributed by atoms with van der Waals surface area (Å²) in [6.45, 7) is 1.81. The van der Waals surface area contributed by atoms with Crippen LogP contribution in [-0.2, 0) is 4.74 Å². The third-order valence-corrected chi connectivity index (χ3v) is 2.53. The number of hydrogen-bond donors (Lipinski definition) is 0. The van der Waals surface area contributed by atoms with Gasteiger partial charge in [0.2, 0.25) is 5.88 Å². The number of alkyl halides is 2. The second-order valence-electron chi connectivity index (χ2n) is 2.93. The van der Waals surface area contributed by atoms with E-state index in [2.05, 4.69) is 20.9 Å². The molecule has 0 amide bonds. The highest BCUT2D eigenvalue weighted by atomic mass is 79.9. The van der Waals surface area contributed by atoms with Gasteiger partial charge in [0.1, 0.15) is 0 Å². The van der Waals surface area contributed by atoms with Crippen LogP contribution in [0.3, 0.4) is 0 Å². The third kappa shape index (κ3) is 3.12. The second-order valence-corrected chi connectivity index (χ2v) is 3.79. The Morgan fingerprint density at radius 2 is 2.24 bits per heavy atom. The van der Waals surface area contributed by atoms with E-state index in [-0.39, 0.29) is 28.2 Å². The Morgan fingerprint density at radius 3 is 2.71 bits per heavy atom. The first kappa shape index (κ1) is 13.8. The molecule has 1 rings (SSSR count). The molecule has 1 heterocycles. The van der Waals surface area contributed by atoms with E-state index in [0.717, 1.165) is 0 Å². The maximum atomic E-state index is 12.7. The zero-order valence-electron chi connectivity index (χ0n) is 9.17. The number of halogens is 3. The molecule has 0 aliphatic heterocycles. The summed E-state index contributed by atoms with van der Waals surface area (Å²) in [7, 11) is 1.20. The van der Waals surface area contributed by atoms with Crippen LogP contribution in [0.4, 0.5) is 8.78 Å². The van der Waals surface area contributed by atoms with Crippen LogP contribution >= 0.6 is 15.9 Å². The number of nitrogens with zero attached hydrogens (tertiary/aromatic N) is 1. The zero-order valence-corrected chi connectivity index (χ0v) is 10.8. The van der Waals surface area contributed by atoms with Gasteiger partial charge >= 0.3 is 5.97 Å². The van der Waals surface area contributed by atoms with E-state index in [1.165, 1.54) is 13.2 Å². The first-order valence-electron chi connectivity index (χ1n) is 4.71. The molecular formula is C10H10BrF2NO3. The molecule has 0 spiro atoms. The van der Waals surface area contributed by atoms with Crippen molar-refractivity contribution < 1.29 is 23.0 Å². The maximum Gasteiger partial charge on any atom is 0.357 e. The Labute approximate surface area is 105 Å². The van der Waals surface area contributed by atoms with Gasteiger partial charge in [-0.05, 0) is 13.0 Å². The molecule has 7 heteroatoms. The largest absolute Gasteiger partial charge is 0.481 e. The molecule has 0 aliphatic rings. The number of aromatic nitrogens is 1. The standard InChI is InChI=1S/C10H10BrF2NO3/c1-3-17-10(15)6-4-5(11)7(8(12)13)9(14-6)16-2/h4,8H,3H2,1-2H3. The van der Waals surface area contributed by atoms with E-state index in [9.17, 15) is 13.6 Å². The summed E-state index contributed by atoms with van der Waals surface area (Å²) in [5, 5.41) is 0. The van der Waals surface area contributed by atoms with Crippen LogP contribution in [-0.4, -0.2) is 24.7 Å². The smallest absolute Gasteiger partial charge is 0.357 e. The molecule has 1 aromatic heterocycles. The third-order valence-electron chi connectivity index (χ3n) is 1.87. The minimum absolute atomic E-state index is 0.0578. The van der Waals surface area contributed by atoms with Crippen LogP contribution in [0.25, 0.3) is 0 Å². The fraction of sp³-hybridized carbons (Fsp3) is 0.400. The van der Waals surface area contributed by atoms with E-state index in [1.807, 2.05) is 0 Å². The Hall–Kier alpha value is -1.24. The van der Waals surface area contributed by atoms with Crippen LogP contribution < -0.4 is 4.74 Å². The van der Waals surface area contributed by atoms with Gasteiger partial charge in [0.15, 0.2) is 5.69 Å². The molecule has 0 saturated heterocycles. The van der Waals surface area contributed by atoms with Gasteiger partial charge in [0.25, 0.3) is 6.43 Å². The molecule has 94 valence electrons. The van der Waals surface area contributed by atoms with E-state index in [1.54, 1.807) is 6.92 Å². The molecule has 0 atom stereocenters. The van der Waals surface area contributed by atoms with Crippen LogP contribution in [0.1, 0.15) is 29.4 Å². The molecule has 0 bridgehead atoms. The quantitative estimate of drug-likeness (QED) is 0.802. The molecule has 0 fully saturated rings. The van der Waals surface area contributed by atoms with Crippen molar-refractivity contribution in [2.45, 2.75) is 13.3 Å². The van der Waals surface area contributed by atoms with E-state index in [0.29, 0.717) is 0 Å². The number of esters is 1. The Bertz CT molecular complexity index is 426. The number of ether oxygens (including phenoxy) is 2. The summed E-state index contributed by atoms with van der Waals surface area (Å²) in [6.07, 6.45) is -2.75. The Balaban J connectivity index is 3.22. The van der Waals surface area contributed by atoms with Crippen LogP contribution in [0, 0.1) is 0 Å². The SMILES string of the molecule is CCOC(=O)c1cc(Br)c(C(F)F)c(OC)n1. The highest BCUT2D eigenvalue weighted by molar-refractivity contribution is 9.10. The predicted molar refractivity (Wildman–Crippen MR) is 59.4 cm³/mol.